The molecule has 2 aliphatic heterocycles. The van der Waals surface area contributed by atoms with Crippen LogP contribution in [0.1, 0.15) is 62.0 Å². The van der Waals surface area contributed by atoms with Crippen molar-refractivity contribution in [3.63, 3.8) is 0 Å². The lowest BCUT2D eigenvalue weighted by Gasteiger charge is -2.39. The average molecular weight is 574 g/mol. The van der Waals surface area contributed by atoms with E-state index in [4.69, 9.17) is 4.74 Å². The molecule has 2 heterocycles. The molecule has 0 spiro atoms. The lowest BCUT2D eigenvalue weighted by Crippen LogP contribution is -2.49. The quantitative estimate of drug-likeness (QED) is 0.331. The molecule has 2 aromatic rings. The molecule has 1 aliphatic carbocycles. The fourth-order valence-corrected chi connectivity index (χ4v) is 7.56. The number of carboxylic acids is 1. The SMILES string of the molecule is C=CCN(C(=O)OCc1ccccc1)C1CCN(C[C@H]2CN([C@@H](C(=O)O)C3CCCCC3)C[C@@H]2c2ccccc2)CC1. The highest BCUT2D eigenvalue weighted by molar-refractivity contribution is 5.74. The number of carbonyl (C=O) groups excluding carboxylic acids is 1. The Kier molecular flexibility index (Phi) is 10.7. The van der Waals surface area contributed by atoms with E-state index in [-0.39, 0.29) is 30.7 Å². The van der Waals surface area contributed by atoms with Gasteiger partial charge in [-0.3, -0.25) is 9.69 Å². The van der Waals surface area contributed by atoms with Crippen molar-refractivity contribution in [3.05, 3.63) is 84.4 Å². The lowest BCUT2D eigenvalue weighted by molar-refractivity contribution is -0.145. The molecule has 226 valence electrons. The number of rotatable bonds is 11. The molecule has 1 saturated carbocycles. The third kappa shape index (κ3) is 7.61. The summed E-state index contributed by atoms with van der Waals surface area (Å²) in [4.78, 5) is 32.3. The molecule has 42 heavy (non-hydrogen) atoms. The predicted octanol–water partition coefficient (Wildman–Crippen LogP) is 6.02. The van der Waals surface area contributed by atoms with Gasteiger partial charge in [-0.15, -0.1) is 6.58 Å². The van der Waals surface area contributed by atoms with E-state index < -0.39 is 5.97 Å². The molecule has 2 aromatic carbocycles. The van der Waals surface area contributed by atoms with Crippen molar-refractivity contribution in [2.24, 2.45) is 11.8 Å². The summed E-state index contributed by atoms with van der Waals surface area (Å²) >= 11 is 0. The zero-order valence-electron chi connectivity index (χ0n) is 24.9. The number of ether oxygens (including phenoxy) is 1. The number of piperidine rings is 1. The van der Waals surface area contributed by atoms with Crippen molar-refractivity contribution in [1.29, 1.82) is 0 Å². The molecule has 0 radical (unpaired) electrons. The maximum Gasteiger partial charge on any atom is 0.410 e. The molecule has 7 nitrogen and oxygen atoms in total. The third-order valence-electron chi connectivity index (χ3n) is 9.70. The summed E-state index contributed by atoms with van der Waals surface area (Å²) in [7, 11) is 0. The van der Waals surface area contributed by atoms with Crippen LogP contribution in [0.3, 0.4) is 0 Å². The zero-order chi connectivity index (χ0) is 29.3. The Hall–Kier alpha value is -3.16. The summed E-state index contributed by atoms with van der Waals surface area (Å²) in [5, 5.41) is 10.3. The zero-order valence-corrected chi connectivity index (χ0v) is 24.9. The first-order valence-electron chi connectivity index (χ1n) is 15.9. The maximum absolute atomic E-state index is 13.0. The van der Waals surface area contributed by atoms with E-state index in [0.29, 0.717) is 18.4 Å². The van der Waals surface area contributed by atoms with Gasteiger partial charge in [0.1, 0.15) is 12.6 Å². The summed E-state index contributed by atoms with van der Waals surface area (Å²) in [5.74, 6) is 0.283. The molecule has 3 atom stereocenters. The smallest absolute Gasteiger partial charge is 0.410 e. The monoisotopic (exact) mass is 573 g/mol. The van der Waals surface area contributed by atoms with Crippen LogP contribution in [-0.4, -0.2) is 83.2 Å². The van der Waals surface area contributed by atoms with Gasteiger partial charge in [-0.1, -0.05) is 86.0 Å². The van der Waals surface area contributed by atoms with Crippen molar-refractivity contribution in [1.82, 2.24) is 14.7 Å². The third-order valence-corrected chi connectivity index (χ3v) is 9.70. The summed E-state index contributed by atoms with van der Waals surface area (Å²) < 4.78 is 5.67. The number of carbonyl (C=O) groups is 2. The number of hydrogen-bond donors (Lipinski definition) is 1. The van der Waals surface area contributed by atoms with E-state index in [1.54, 1.807) is 6.08 Å². The molecule has 2 saturated heterocycles. The van der Waals surface area contributed by atoms with Crippen LogP contribution in [0.25, 0.3) is 0 Å². The predicted molar refractivity (Wildman–Crippen MR) is 165 cm³/mol. The number of aliphatic carboxylic acids is 1. The van der Waals surface area contributed by atoms with Gasteiger partial charge in [-0.25, -0.2) is 4.79 Å². The van der Waals surface area contributed by atoms with Crippen molar-refractivity contribution in [2.75, 3.05) is 39.3 Å². The van der Waals surface area contributed by atoms with Gasteiger partial charge in [-0.2, -0.15) is 0 Å². The van der Waals surface area contributed by atoms with Gasteiger partial charge >= 0.3 is 12.1 Å². The molecular weight excluding hydrogens is 526 g/mol. The highest BCUT2D eigenvalue weighted by Crippen LogP contribution is 2.38. The molecule has 0 bridgehead atoms. The molecule has 1 N–H and O–H groups in total. The van der Waals surface area contributed by atoms with E-state index >= 15 is 0 Å². The standard InChI is InChI=1S/C35H47N3O4/c1-2-20-38(35(41)42-26-27-12-6-3-7-13-27)31-18-21-36(22-19-31)23-30-24-37(25-32(30)28-14-8-4-9-15-28)33(34(39)40)29-16-10-5-11-17-29/h2-4,6-9,12-15,29-33H,1,5,10-11,16-26H2,(H,39,40)/t30-,32+,33+/m0/s1. The van der Waals surface area contributed by atoms with Gasteiger partial charge in [0.25, 0.3) is 0 Å². The van der Waals surface area contributed by atoms with Gasteiger partial charge in [-0.05, 0) is 48.6 Å². The first kappa shape index (κ1) is 30.3. The second-order valence-corrected chi connectivity index (χ2v) is 12.4. The topological polar surface area (TPSA) is 73.3 Å². The molecular formula is C35H47N3O4. The minimum absolute atomic E-state index is 0.121. The first-order chi connectivity index (χ1) is 20.5. The number of nitrogens with zero attached hydrogens (tertiary/aromatic N) is 3. The second-order valence-electron chi connectivity index (χ2n) is 12.4. The second kappa shape index (κ2) is 14.8. The van der Waals surface area contributed by atoms with Crippen LogP contribution in [0.4, 0.5) is 4.79 Å². The first-order valence-corrected chi connectivity index (χ1v) is 15.9. The summed E-state index contributed by atoms with van der Waals surface area (Å²) in [6.07, 6.45) is 8.84. The minimum atomic E-state index is -0.656. The normalized spacial score (nSPS) is 23.3. The van der Waals surface area contributed by atoms with E-state index in [9.17, 15) is 14.7 Å². The Morgan fingerprint density at radius 2 is 1.62 bits per heavy atom. The minimum Gasteiger partial charge on any atom is -0.480 e. The molecule has 3 aliphatic rings. The van der Waals surface area contributed by atoms with Crippen LogP contribution in [-0.2, 0) is 16.1 Å². The molecule has 5 rings (SSSR count). The van der Waals surface area contributed by atoms with E-state index in [1.165, 1.54) is 12.0 Å². The number of hydrogen-bond acceptors (Lipinski definition) is 5. The maximum atomic E-state index is 13.0. The van der Waals surface area contributed by atoms with Crippen LogP contribution in [0.15, 0.2) is 73.3 Å². The van der Waals surface area contributed by atoms with Gasteiger partial charge in [0.15, 0.2) is 0 Å². The summed E-state index contributed by atoms with van der Waals surface area (Å²) in [6, 6.07) is 20.2. The molecule has 0 unspecified atom stereocenters. The van der Waals surface area contributed by atoms with Crippen LogP contribution in [0, 0.1) is 11.8 Å². The Bertz CT molecular complexity index is 1150. The molecule has 3 fully saturated rings. The van der Waals surface area contributed by atoms with Crippen LogP contribution >= 0.6 is 0 Å². The Labute approximate surface area is 251 Å². The van der Waals surface area contributed by atoms with Gasteiger partial charge < -0.3 is 19.6 Å². The fraction of sp³-hybridized carbons (Fsp3) is 0.543. The highest BCUT2D eigenvalue weighted by Gasteiger charge is 2.43. The van der Waals surface area contributed by atoms with Gasteiger partial charge in [0.2, 0.25) is 0 Å². The molecule has 1 amide bonds. The van der Waals surface area contributed by atoms with Crippen LogP contribution in [0.2, 0.25) is 0 Å². The van der Waals surface area contributed by atoms with E-state index in [2.05, 4.69) is 46.7 Å². The van der Waals surface area contributed by atoms with Gasteiger partial charge in [0.05, 0.1) is 0 Å². The highest BCUT2D eigenvalue weighted by atomic mass is 16.6. The summed E-state index contributed by atoms with van der Waals surface area (Å²) in [5.41, 5.74) is 2.29. The fourth-order valence-electron chi connectivity index (χ4n) is 7.56. The van der Waals surface area contributed by atoms with Crippen molar-refractivity contribution >= 4 is 12.1 Å². The molecule has 0 aromatic heterocycles. The van der Waals surface area contributed by atoms with Crippen molar-refractivity contribution in [3.8, 4) is 0 Å². The van der Waals surface area contributed by atoms with Crippen LogP contribution in [0.5, 0.6) is 0 Å². The van der Waals surface area contributed by atoms with Gasteiger partial charge in [0, 0.05) is 51.2 Å². The van der Waals surface area contributed by atoms with E-state index in [1.807, 2.05) is 35.2 Å². The Morgan fingerprint density at radius 1 is 0.952 bits per heavy atom. The van der Waals surface area contributed by atoms with Crippen molar-refractivity contribution in [2.45, 2.75) is 69.6 Å². The Morgan fingerprint density at radius 3 is 2.26 bits per heavy atom. The summed E-state index contributed by atoms with van der Waals surface area (Å²) in [6.45, 7) is 9.01. The van der Waals surface area contributed by atoms with Crippen LogP contribution < -0.4 is 0 Å². The Balaban J connectivity index is 1.21. The lowest BCUT2D eigenvalue weighted by atomic mass is 9.83. The van der Waals surface area contributed by atoms with E-state index in [0.717, 1.165) is 76.8 Å². The molecule has 7 heteroatoms. The number of carboxylic acid groups (broad SMARTS) is 1. The number of amides is 1. The van der Waals surface area contributed by atoms with Crippen molar-refractivity contribution < 1.29 is 19.4 Å². The number of benzene rings is 2. The number of likely N-dealkylation sites (tertiary alicyclic amines) is 2. The average Bonchev–Trinajstić information content (AvgIpc) is 3.43. The largest absolute Gasteiger partial charge is 0.480 e.